The van der Waals surface area contributed by atoms with Gasteiger partial charge in [-0.1, -0.05) is 32.0 Å². The van der Waals surface area contributed by atoms with Gasteiger partial charge in [0, 0.05) is 25.3 Å². The number of carbonyl (C=O) groups is 1. The summed E-state index contributed by atoms with van der Waals surface area (Å²) in [5.41, 5.74) is 3.23. The van der Waals surface area contributed by atoms with Crippen LogP contribution < -0.4 is 5.32 Å². The molecule has 1 unspecified atom stereocenters. The number of nitrogens with one attached hydrogen (secondary N) is 1. The molecule has 12 nitrogen and oxygen atoms in total. The highest BCUT2D eigenvalue weighted by Crippen LogP contribution is 2.21. The molecule has 0 aliphatic carbocycles. The number of aryl methyl sites for hydroxylation is 2. The van der Waals surface area contributed by atoms with Gasteiger partial charge in [0.2, 0.25) is 5.91 Å². The van der Waals surface area contributed by atoms with Gasteiger partial charge in [-0.3, -0.25) is 14.6 Å². The first-order chi connectivity index (χ1) is 14.5. The van der Waals surface area contributed by atoms with Gasteiger partial charge in [0.25, 0.3) is 10.2 Å². The van der Waals surface area contributed by atoms with Gasteiger partial charge in [0.1, 0.15) is 6.04 Å². The smallest absolute Gasteiger partial charge is 0.291 e. The van der Waals surface area contributed by atoms with Crippen molar-refractivity contribution < 1.29 is 25.4 Å². The van der Waals surface area contributed by atoms with Gasteiger partial charge in [0.05, 0.1) is 0 Å². The Kier molecular flexibility index (Phi) is 13.5. The Labute approximate surface area is 181 Å². The minimum Gasteiger partial charge on any atom is -0.328 e. The van der Waals surface area contributed by atoms with Crippen LogP contribution in [0.2, 0.25) is 0 Å². The fraction of sp³-hybridized carbons (Fsp3) is 0.632. The van der Waals surface area contributed by atoms with Gasteiger partial charge < -0.3 is 15.7 Å². The second kappa shape index (κ2) is 14.9. The van der Waals surface area contributed by atoms with Crippen LogP contribution in [0.3, 0.4) is 0 Å². The summed E-state index contributed by atoms with van der Waals surface area (Å²) < 4.78 is 0. The normalized spacial score (nSPS) is 16.2. The van der Waals surface area contributed by atoms with Crippen molar-refractivity contribution in [1.29, 1.82) is 0 Å². The minimum absolute atomic E-state index is 0.0470. The number of carbonyl (C=O) groups excluding carboxylic acids is 1. The molecule has 176 valence electrons. The summed E-state index contributed by atoms with van der Waals surface area (Å²) in [6.45, 7) is 13.4. The molecule has 1 aromatic carbocycles. The van der Waals surface area contributed by atoms with Crippen LogP contribution in [0.1, 0.15) is 37.8 Å². The number of nitrogens with zero attached hydrogens (tertiary/aromatic N) is 4. The van der Waals surface area contributed by atoms with Gasteiger partial charge in [0.15, 0.2) is 0 Å². The quantitative estimate of drug-likeness (QED) is 0.442. The maximum absolute atomic E-state index is 12.9. The first-order valence-corrected chi connectivity index (χ1v) is 10.0. The fourth-order valence-corrected chi connectivity index (χ4v) is 3.42. The molecule has 31 heavy (non-hydrogen) atoms. The number of para-hydroxylation sites is 1. The van der Waals surface area contributed by atoms with Crippen LogP contribution in [-0.2, 0) is 4.79 Å². The molecule has 1 atom stereocenters. The molecular formula is C19H33N5O7. The third kappa shape index (κ3) is 11.7. The summed E-state index contributed by atoms with van der Waals surface area (Å²) in [5, 5.41) is 30.5. The number of rotatable bonds is 6. The van der Waals surface area contributed by atoms with Crippen molar-refractivity contribution in [3.05, 3.63) is 49.6 Å². The molecule has 12 heteroatoms. The van der Waals surface area contributed by atoms with Crippen LogP contribution in [0.5, 0.6) is 0 Å². The lowest BCUT2D eigenvalue weighted by Gasteiger charge is -2.40. The average molecular weight is 444 g/mol. The molecule has 1 fully saturated rings. The standard InChI is InChI=1S/C19H31N3O.2HNO3/c1-5-10-21-12-13-22(11-6-2)17(14-21)19(23)20-18-15(3)8-7-9-16(18)4;2*2-1(3)4/h7-9,17H,5-6,10-14H2,1-4H3,(H,20,23);2*(H,2,3,4). The second-order valence-electron chi connectivity index (χ2n) is 7.08. The van der Waals surface area contributed by atoms with E-state index in [1.54, 1.807) is 0 Å². The van der Waals surface area contributed by atoms with E-state index < -0.39 is 10.2 Å². The zero-order chi connectivity index (χ0) is 24.0. The van der Waals surface area contributed by atoms with E-state index in [1.807, 2.05) is 6.07 Å². The molecule has 1 saturated heterocycles. The highest BCUT2D eigenvalue weighted by atomic mass is 16.9. The Morgan fingerprint density at radius 3 is 2.00 bits per heavy atom. The Bertz CT molecular complexity index is 677. The van der Waals surface area contributed by atoms with Crippen molar-refractivity contribution in [2.24, 2.45) is 0 Å². The van der Waals surface area contributed by atoms with Crippen LogP contribution in [0, 0.1) is 34.1 Å². The molecule has 1 aliphatic rings. The predicted octanol–water partition coefficient (Wildman–Crippen LogP) is 2.35. The third-order valence-corrected chi connectivity index (χ3v) is 4.66. The first-order valence-electron chi connectivity index (χ1n) is 10.0. The molecule has 0 saturated carbocycles. The number of amides is 1. The number of anilines is 1. The van der Waals surface area contributed by atoms with Crippen LogP contribution in [0.25, 0.3) is 0 Å². The summed E-state index contributed by atoms with van der Waals surface area (Å²) in [5.74, 6) is 0.136. The molecular weight excluding hydrogens is 410 g/mol. The lowest BCUT2D eigenvalue weighted by Crippen LogP contribution is -2.57. The Hall–Kier alpha value is -2.99. The van der Waals surface area contributed by atoms with Gasteiger partial charge in [-0.05, 0) is 50.9 Å². The molecule has 1 amide bonds. The highest BCUT2D eigenvalue weighted by molar-refractivity contribution is 5.96. The van der Waals surface area contributed by atoms with E-state index >= 15 is 0 Å². The van der Waals surface area contributed by atoms with Crippen LogP contribution >= 0.6 is 0 Å². The highest BCUT2D eigenvalue weighted by Gasteiger charge is 2.31. The molecule has 3 N–H and O–H groups in total. The summed E-state index contributed by atoms with van der Waals surface area (Å²) in [4.78, 5) is 34.4. The minimum atomic E-state index is -1.50. The SMILES string of the molecule is CCCN1CCN(CCC)C(C(=O)Nc2c(C)cccc2C)C1.O=[N+]([O-])O.O=[N+]([O-])O. The summed E-state index contributed by atoms with van der Waals surface area (Å²) >= 11 is 0. The lowest BCUT2D eigenvalue weighted by atomic mass is 10.1. The largest absolute Gasteiger partial charge is 0.328 e. The van der Waals surface area contributed by atoms with E-state index in [0.29, 0.717) is 0 Å². The number of piperazine rings is 1. The molecule has 1 aliphatic heterocycles. The molecule has 0 aromatic heterocycles. The predicted molar refractivity (Wildman–Crippen MR) is 114 cm³/mol. The summed E-state index contributed by atoms with van der Waals surface area (Å²) in [6, 6.07) is 6.09. The van der Waals surface area contributed by atoms with Gasteiger partial charge in [-0.15, -0.1) is 20.2 Å². The van der Waals surface area contributed by atoms with E-state index in [1.165, 1.54) is 0 Å². The van der Waals surface area contributed by atoms with E-state index in [9.17, 15) is 4.79 Å². The summed E-state index contributed by atoms with van der Waals surface area (Å²) in [7, 11) is 0. The maximum Gasteiger partial charge on any atom is 0.291 e. The van der Waals surface area contributed by atoms with Crippen molar-refractivity contribution in [3.8, 4) is 0 Å². The van der Waals surface area contributed by atoms with Gasteiger partial charge in [-0.2, -0.15) is 0 Å². The Morgan fingerprint density at radius 1 is 1.06 bits per heavy atom. The zero-order valence-corrected chi connectivity index (χ0v) is 18.5. The second-order valence-corrected chi connectivity index (χ2v) is 7.08. The van der Waals surface area contributed by atoms with Crippen molar-refractivity contribution in [2.45, 2.75) is 46.6 Å². The first kappa shape index (κ1) is 28.0. The molecule has 1 aromatic rings. The van der Waals surface area contributed by atoms with Gasteiger partial charge in [-0.25, -0.2) is 0 Å². The van der Waals surface area contributed by atoms with Crippen molar-refractivity contribution in [1.82, 2.24) is 9.80 Å². The Morgan fingerprint density at radius 2 is 1.55 bits per heavy atom. The van der Waals surface area contributed by atoms with Crippen LogP contribution in [0.15, 0.2) is 18.2 Å². The van der Waals surface area contributed by atoms with Crippen LogP contribution in [0.4, 0.5) is 5.69 Å². The van der Waals surface area contributed by atoms with Crippen molar-refractivity contribution in [3.63, 3.8) is 0 Å². The van der Waals surface area contributed by atoms with E-state index in [2.05, 4.69) is 54.9 Å². The molecule has 1 heterocycles. The molecule has 0 spiro atoms. The van der Waals surface area contributed by atoms with Crippen LogP contribution in [-0.4, -0.2) is 75.1 Å². The molecule has 0 bridgehead atoms. The number of benzene rings is 1. The fourth-order valence-electron chi connectivity index (χ4n) is 3.42. The molecule has 0 radical (unpaired) electrons. The number of hydrogen-bond acceptors (Lipinski definition) is 7. The third-order valence-electron chi connectivity index (χ3n) is 4.66. The molecule has 2 rings (SSSR count). The monoisotopic (exact) mass is 443 g/mol. The Balaban J connectivity index is 0.000000967. The average Bonchev–Trinajstić information content (AvgIpc) is 2.65. The topological polar surface area (TPSA) is 162 Å². The van der Waals surface area contributed by atoms with E-state index in [4.69, 9.17) is 30.6 Å². The zero-order valence-electron chi connectivity index (χ0n) is 18.5. The van der Waals surface area contributed by atoms with Crippen molar-refractivity contribution in [2.75, 3.05) is 38.0 Å². The van der Waals surface area contributed by atoms with E-state index in [-0.39, 0.29) is 11.9 Å². The maximum atomic E-state index is 12.9. The van der Waals surface area contributed by atoms with Gasteiger partial charge >= 0.3 is 0 Å². The number of hydrogen-bond donors (Lipinski definition) is 3. The summed E-state index contributed by atoms with van der Waals surface area (Å²) in [6.07, 6.45) is 2.22. The van der Waals surface area contributed by atoms with Crippen molar-refractivity contribution >= 4 is 11.6 Å². The lowest BCUT2D eigenvalue weighted by molar-refractivity contribution is -0.742. The van der Waals surface area contributed by atoms with E-state index in [0.717, 1.165) is 62.4 Å².